The molecule has 0 spiro atoms. The molecule has 2 aromatic rings. The molecule has 0 saturated heterocycles. The Labute approximate surface area is 143 Å². The quantitative estimate of drug-likeness (QED) is 0.862. The molecule has 1 aromatic heterocycles. The van der Waals surface area contributed by atoms with Gasteiger partial charge in [0.1, 0.15) is 0 Å². The Hall–Kier alpha value is -1.81. The third-order valence-electron chi connectivity index (χ3n) is 6.78. The van der Waals surface area contributed by atoms with Crippen LogP contribution in [0.4, 0.5) is 0 Å². The van der Waals surface area contributed by atoms with E-state index < -0.39 is 0 Å². The monoisotopic (exact) mass is 326 g/mol. The van der Waals surface area contributed by atoms with Crippen molar-refractivity contribution in [3.05, 3.63) is 51.9 Å². The molecule has 1 fully saturated rings. The second kappa shape index (κ2) is 5.09. The number of rotatable bonds is 4. The molecule has 2 atom stereocenters. The van der Waals surface area contributed by atoms with Gasteiger partial charge in [-0.05, 0) is 36.3 Å². The predicted octanol–water partition coefficient (Wildman–Crippen LogP) is 3.46. The number of fused-ring (bicyclic) bond motifs is 5. The highest BCUT2D eigenvalue weighted by atomic mass is 16.5. The first-order chi connectivity index (χ1) is 11.4. The van der Waals surface area contributed by atoms with E-state index in [1.807, 2.05) is 35.0 Å². The first-order valence-corrected chi connectivity index (χ1v) is 8.84. The predicted molar refractivity (Wildman–Crippen MR) is 95.0 cm³/mol. The first-order valence-electron chi connectivity index (χ1n) is 8.84. The maximum atomic E-state index is 13.4. The normalized spacial score (nSPS) is 26.8. The average Bonchev–Trinajstić information content (AvgIpc) is 3.05. The molecule has 2 unspecified atom stereocenters. The lowest BCUT2D eigenvalue weighted by atomic mass is 9.70. The summed E-state index contributed by atoms with van der Waals surface area (Å²) in [5.41, 5.74) is 3.59. The lowest BCUT2D eigenvalue weighted by Crippen LogP contribution is -2.36. The lowest BCUT2D eigenvalue weighted by Gasteiger charge is -2.36. The summed E-state index contributed by atoms with van der Waals surface area (Å²) < 4.78 is 9.40. The number of aromatic nitrogens is 2. The topological polar surface area (TPSA) is 36.2 Å². The van der Waals surface area contributed by atoms with E-state index in [1.54, 1.807) is 7.11 Å². The number of nitrogens with zero attached hydrogens (tertiary/aromatic N) is 2. The van der Waals surface area contributed by atoms with Gasteiger partial charge in [-0.3, -0.25) is 9.48 Å². The Morgan fingerprint density at radius 3 is 2.58 bits per heavy atom. The molecule has 128 valence electrons. The van der Waals surface area contributed by atoms with Gasteiger partial charge in [0.25, 0.3) is 5.56 Å². The Morgan fingerprint density at radius 1 is 1.21 bits per heavy atom. The van der Waals surface area contributed by atoms with Gasteiger partial charge in [0.2, 0.25) is 0 Å². The zero-order valence-electron chi connectivity index (χ0n) is 15.0. The van der Waals surface area contributed by atoms with Crippen LogP contribution in [0.2, 0.25) is 0 Å². The van der Waals surface area contributed by atoms with Crippen molar-refractivity contribution in [3.8, 4) is 5.69 Å². The van der Waals surface area contributed by atoms with Crippen molar-refractivity contribution in [2.75, 3.05) is 13.7 Å². The van der Waals surface area contributed by atoms with Crippen LogP contribution in [-0.4, -0.2) is 23.1 Å². The fraction of sp³-hybridized carbons (Fsp3) is 0.550. The van der Waals surface area contributed by atoms with E-state index in [0.717, 1.165) is 24.1 Å². The summed E-state index contributed by atoms with van der Waals surface area (Å²) in [6.45, 7) is 8.31. The maximum absolute atomic E-state index is 13.4. The number of benzene rings is 1. The Morgan fingerprint density at radius 2 is 1.92 bits per heavy atom. The van der Waals surface area contributed by atoms with Crippen molar-refractivity contribution < 1.29 is 4.74 Å². The zero-order chi connectivity index (χ0) is 17.1. The number of hydrogen-bond donors (Lipinski definition) is 0. The fourth-order valence-electron chi connectivity index (χ4n) is 5.10. The van der Waals surface area contributed by atoms with Gasteiger partial charge in [0, 0.05) is 18.1 Å². The van der Waals surface area contributed by atoms with Gasteiger partial charge < -0.3 is 4.74 Å². The minimum atomic E-state index is 0.0555. The van der Waals surface area contributed by atoms with Crippen molar-refractivity contribution in [1.29, 1.82) is 0 Å². The molecule has 2 aliphatic rings. The first kappa shape index (κ1) is 15.7. The minimum Gasteiger partial charge on any atom is -0.383 e. The Kier molecular flexibility index (Phi) is 3.33. The van der Waals surface area contributed by atoms with Crippen LogP contribution in [0.15, 0.2) is 35.1 Å². The Bertz CT molecular complexity index is 831. The second-order valence-electron chi connectivity index (χ2n) is 7.98. The third kappa shape index (κ3) is 1.75. The standard InChI is InChI=1S/C20H26N2O2/c1-19(2)15-10-11-20(19,3)17-16(15)18(23)22(21(17)12-13-24-4)14-8-6-5-7-9-14/h5-9,15H,10-13H2,1-4H3. The molecule has 1 heterocycles. The maximum Gasteiger partial charge on any atom is 0.275 e. The molecule has 0 radical (unpaired) electrons. The minimum absolute atomic E-state index is 0.0555. The summed E-state index contributed by atoms with van der Waals surface area (Å²) in [6.07, 6.45) is 2.28. The molecule has 0 amide bonds. The average molecular weight is 326 g/mol. The van der Waals surface area contributed by atoms with E-state index in [4.69, 9.17) is 4.74 Å². The van der Waals surface area contributed by atoms with E-state index in [-0.39, 0.29) is 16.4 Å². The third-order valence-corrected chi connectivity index (χ3v) is 6.78. The van der Waals surface area contributed by atoms with Gasteiger partial charge >= 0.3 is 0 Å². The second-order valence-corrected chi connectivity index (χ2v) is 7.98. The molecule has 4 heteroatoms. The van der Waals surface area contributed by atoms with E-state index in [0.29, 0.717) is 19.1 Å². The van der Waals surface area contributed by atoms with Crippen LogP contribution >= 0.6 is 0 Å². The zero-order valence-corrected chi connectivity index (χ0v) is 15.0. The summed E-state index contributed by atoms with van der Waals surface area (Å²) in [6, 6.07) is 9.98. The van der Waals surface area contributed by atoms with E-state index in [9.17, 15) is 4.79 Å². The van der Waals surface area contributed by atoms with Crippen molar-refractivity contribution >= 4 is 0 Å². The van der Waals surface area contributed by atoms with Crippen LogP contribution in [-0.2, 0) is 16.7 Å². The summed E-state index contributed by atoms with van der Waals surface area (Å²) in [5.74, 6) is 0.365. The fourth-order valence-corrected chi connectivity index (χ4v) is 5.10. The molecule has 1 saturated carbocycles. The largest absolute Gasteiger partial charge is 0.383 e. The number of para-hydroxylation sites is 1. The van der Waals surface area contributed by atoms with Gasteiger partial charge in [-0.2, -0.15) is 0 Å². The SMILES string of the molecule is COCCn1c2c(c(=O)n1-c1ccccc1)C1CCC2(C)C1(C)C. The van der Waals surface area contributed by atoms with Gasteiger partial charge in [0.15, 0.2) is 0 Å². The van der Waals surface area contributed by atoms with Crippen LogP contribution in [0, 0.1) is 5.41 Å². The molecular weight excluding hydrogens is 300 g/mol. The number of ether oxygens (including phenoxy) is 1. The van der Waals surface area contributed by atoms with Crippen molar-refractivity contribution in [1.82, 2.24) is 9.36 Å². The molecule has 2 bridgehead atoms. The molecule has 0 aliphatic heterocycles. The highest BCUT2D eigenvalue weighted by Gasteiger charge is 2.62. The summed E-state index contributed by atoms with van der Waals surface area (Å²) in [4.78, 5) is 13.4. The lowest BCUT2D eigenvalue weighted by molar-refractivity contribution is 0.170. The van der Waals surface area contributed by atoms with Crippen molar-refractivity contribution in [2.24, 2.45) is 5.41 Å². The molecule has 4 nitrogen and oxygen atoms in total. The van der Waals surface area contributed by atoms with Crippen LogP contribution in [0.3, 0.4) is 0 Å². The molecule has 1 aromatic carbocycles. The van der Waals surface area contributed by atoms with Crippen LogP contribution in [0.25, 0.3) is 5.69 Å². The van der Waals surface area contributed by atoms with Gasteiger partial charge in [-0.15, -0.1) is 0 Å². The number of hydrogen-bond acceptors (Lipinski definition) is 2. The van der Waals surface area contributed by atoms with Gasteiger partial charge in [-0.1, -0.05) is 39.0 Å². The summed E-state index contributed by atoms with van der Waals surface area (Å²) in [7, 11) is 1.71. The Balaban J connectivity index is 2.00. The highest BCUT2D eigenvalue weighted by molar-refractivity contribution is 5.47. The summed E-state index contributed by atoms with van der Waals surface area (Å²) in [5, 5.41) is 0. The highest BCUT2D eigenvalue weighted by Crippen LogP contribution is 2.67. The van der Waals surface area contributed by atoms with Crippen LogP contribution in [0.5, 0.6) is 0 Å². The summed E-state index contributed by atoms with van der Waals surface area (Å²) >= 11 is 0. The molecule has 0 N–H and O–H groups in total. The van der Waals surface area contributed by atoms with Crippen molar-refractivity contribution in [2.45, 2.75) is 51.5 Å². The van der Waals surface area contributed by atoms with E-state index in [2.05, 4.69) is 25.5 Å². The van der Waals surface area contributed by atoms with Gasteiger partial charge in [-0.25, -0.2) is 4.68 Å². The van der Waals surface area contributed by atoms with Gasteiger partial charge in [0.05, 0.1) is 24.5 Å². The van der Waals surface area contributed by atoms with E-state index in [1.165, 1.54) is 5.69 Å². The van der Waals surface area contributed by atoms with Crippen LogP contribution in [0.1, 0.15) is 50.8 Å². The number of methoxy groups -OCH3 is 1. The molecule has 2 aliphatic carbocycles. The molecule has 4 rings (SSSR count). The molecule has 24 heavy (non-hydrogen) atoms. The van der Waals surface area contributed by atoms with Crippen LogP contribution < -0.4 is 5.56 Å². The van der Waals surface area contributed by atoms with E-state index >= 15 is 0 Å². The van der Waals surface area contributed by atoms with Crippen molar-refractivity contribution in [3.63, 3.8) is 0 Å². The molecular formula is C20H26N2O2. The smallest absolute Gasteiger partial charge is 0.275 e.